The molecular formula is C13H15ClN2O3S2. The molecule has 0 fully saturated rings. The van der Waals surface area contributed by atoms with Crippen molar-refractivity contribution in [1.29, 1.82) is 0 Å². The standard InChI is InChI=1S/C13H15ClN2O3S2/c1-9-15-8-11(20-9)5-6-16-21(17,18)13-7-10(14)3-4-12(13)19-2/h3-4,7-8,16H,5-6H2,1-2H3. The van der Waals surface area contributed by atoms with Gasteiger partial charge in [0.1, 0.15) is 10.6 Å². The summed E-state index contributed by atoms with van der Waals surface area (Å²) in [5, 5.41) is 1.30. The van der Waals surface area contributed by atoms with Crippen LogP contribution in [-0.4, -0.2) is 27.1 Å². The Morgan fingerprint density at radius 2 is 2.19 bits per heavy atom. The van der Waals surface area contributed by atoms with Gasteiger partial charge in [-0.2, -0.15) is 0 Å². The number of aromatic nitrogens is 1. The molecule has 0 aliphatic heterocycles. The molecule has 8 heteroatoms. The van der Waals surface area contributed by atoms with Crippen molar-refractivity contribution in [2.24, 2.45) is 0 Å². The van der Waals surface area contributed by atoms with Crippen LogP contribution in [0.1, 0.15) is 9.88 Å². The van der Waals surface area contributed by atoms with Gasteiger partial charge in [-0.1, -0.05) is 11.6 Å². The van der Waals surface area contributed by atoms with Crippen LogP contribution in [0.3, 0.4) is 0 Å². The lowest BCUT2D eigenvalue weighted by molar-refractivity contribution is 0.402. The maximum atomic E-state index is 12.3. The van der Waals surface area contributed by atoms with Gasteiger partial charge in [0.2, 0.25) is 10.0 Å². The smallest absolute Gasteiger partial charge is 0.244 e. The highest BCUT2D eigenvalue weighted by Gasteiger charge is 2.19. The van der Waals surface area contributed by atoms with Gasteiger partial charge in [0.15, 0.2) is 0 Å². The molecule has 114 valence electrons. The lowest BCUT2D eigenvalue weighted by atomic mass is 10.3. The summed E-state index contributed by atoms with van der Waals surface area (Å²) in [5.74, 6) is 0.264. The third-order valence-electron chi connectivity index (χ3n) is 2.75. The van der Waals surface area contributed by atoms with Gasteiger partial charge in [0.25, 0.3) is 0 Å². The van der Waals surface area contributed by atoms with Gasteiger partial charge in [-0.25, -0.2) is 18.1 Å². The van der Waals surface area contributed by atoms with Crippen LogP contribution in [0.5, 0.6) is 5.75 Å². The van der Waals surface area contributed by atoms with Crippen molar-refractivity contribution in [2.45, 2.75) is 18.2 Å². The van der Waals surface area contributed by atoms with E-state index in [-0.39, 0.29) is 10.6 Å². The molecule has 2 rings (SSSR count). The second kappa shape index (κ2) is 6.74. The number of hydrogen-bond donors (Lipinski definition) is 1. The van der Waals surface area contributed by atoms with Crippen LogP contribution < -0.4 is 9.46 Å². The molecule has 1 N–H and O–H groups in total. The molecule has 1 aromatic heterocycles. The number of halogens is 1. The minimum absolute atomic E-state index is 0.0398. The van der Waals surface area contributed by atoms with Crippen LogP contribution in [0.2, 0.25) is 5.02 Å². The molecule has 1 heterocycles. The molecule has 0 saturated heterocycles. The number of hydrogen-bond acceptors (Lipinski definition) is 5. The molecule has 1 aromatic carbocycles. The number of rotatable bonds is 6. The van der Waals surface area contributed by atoms with E-state index in [4.69, 9.17) is 16.3 Å². The van der Waals surface area contributed by atoms with Gasteiger partial charge in [0.05, 0.1) is 12.1 Å². The Balaban J connectivity index is 2.09. The Bertz CT molecular complexity index is 729. The van der Waals surface area contributed by atoms with Gasteiger partial charge in [-0.15, -0.1) is 11.3 Å². The van der Waals surface area contributed by atoms with Crippen LogP contribution in [0.4, 0.5) is 0 Å². The summed E-state index contributed by atoms with van der Waals surface area (Å²) in [6, 6.07) is 4.49. The molecule has 0 unspecified atom stereocenters. The first-order valence-electron chi connectivity index (χ1n) is 6.17. The molecule has 0 amide bonds. The van der Waals surface area contributed by atoms with Gasteiger partial charge in [-0.3, -0.25) is 0 Å². The van der Waals surface area contributed by atoms with Crippen molar-refractivity contribution in [2.75, 3.05) is 13.7 Å². The quantitative estimate of drug-likeness (QED) is 0.873. The number of sulfonamides is 1. The number of benzene rings is 1. The Kier molecular flexibility index (Phi) is 5.21. The fourth-order valence-corrected chi connectivity index (χ4v) is 4.02. The summed E-state index contributed by atoms with van der Waals surface area (Å²) in [6.07, 6.45) is 2.35. The van der Waals surface area contributed by atoms with Crippen LogP contribution >= 0.6 is 22.9 Å². The predicted molar refractivity (Wildman–Crippen MR) is 83.7 cm³/mol. The van der Waals surface area contributed by atoms with Crippen molar-refractivity contribution in [3.05, 3.63) is 39.3 Å². The fraction of sp³-hybridized carbons (Fsp3) is 0.308. The van der Waals surface area contributed by atoms with Crippen molar-refractivity contribution in [3.63, 3.8) is 0 Å². The van der Waals surface area contributed by atoms with E-state index >= 15 is 0 Å². The highest BCUT2D eigenvalue weighted by atomic mass is 35.5. The van der Waals surface area contributed by atoms with Crippen molar-refractivity contribution < 1.29 is 13.2 Å². The zero-order chi connectivity index (χ0) is 15.5. The Hall–Kier alpha value is -1.15. The average Bonchev–Trinajstić information content (AvgIpc) is 2.84. The molecule has 0 bridgehead atoms. The number of nitrogens with one attached hydrogen (secondary N) is 1. The summed E-state index contributed by atoms with van der Waals surface area (Å²) in [5.41, 5.74) is 0. The van der Waals surface area contributed by atoms with Crippen molar-refractivity contribution in [1.82, 2.24) is 9.71 Å². The van der Waals surface area contributed by atoms with E-state index < -0.39 is 10.0 Å². The maximum Gasteiger partial charge on any atom is 0.244 e. The van der Waals surface area contributed by atoms with Gasteiger partial charge in [-0.05, 0) is 31.5 Å². The van der Waals surface area contributed by atoms with Crippen molar-refractivity contribution in [3.8, 4) is 5.75 Å². The summed E-state index contributed by atoms with van der Waals surface area (Å²) >= 11 is 7.41. The molecule has 5 nitrogen and oxygen atoms in total. The van der Waals surface area contributed by atoms with E-state index in [2.05, 4.69) is 9.71 Å². The monoisotopic (exact) mass is 346 g/mol. The number of ether oxygens (including phenoxy) is 1. The Morgan fingerprint density at radius 1 is 1.43 bits per heavy atom. The van der Waals surface area contributed by atoms with Crippen LogP contribution in [0, 0.1) is 6.92 Å². The summed E-state index contributed by atoms with van der Waals surface area (Å²) in [4.78, 5) is 5.21. The van der Waals surface area contributed by atoms with E-state index in [1.807, 2.05) is 6.92 Å². The molecule has 0 spiro atoms. The molecule has 21 heavy (non-hydrogen) atoms. The zero-order valence-electron chi connectivity index (χ0n) is 11.6. The minimum atomic E-state index is -3.66. The SMILES string of the molecule is COc1ccc(Cl)cc1S(=O)(=O)NCCc1cnc(C)s1. The molecule has 0 aliphatic rings. The third kappa shape index (κ3) is 4.16. The fourth-order valence-electron chi connectivity index (χ4n) is 1.77. The number of aryl methyl sites for hydroxylation is 1. The second-order valence-electron chi connectivity index (χ2n) is 4.29. The van der Waals surface area contributed by atoms with Crippen LogP contribution in [0.15, 0.2) is 29.3 Å². The first-order chi connectivity index (χ1) is 9.92. The molecule has 2 aromatic rings. The first-order valence-corrected chi connectivity index (χ1v) is 8.84. The number of nitrogens with zero attached hydrogens (tertiary/aromatic N) is 1. The molecular weight excluding hydrogens is 332 g/mol. The van der Waals surface area contributed by atoms with Crippen LogP contribution in [-0.2, 0) is 16.4 Å². The lowest BCUT2D eigenvalue weighted by Gasteiger charge is -2.10. The van der Waals surface area contributed by atoms with E-state index in [9.17, 15) is 8.42 Å². The molecule has 0 radical (unpaired) electrons. The molecule has 0 atom stereocenters. The third-order valence-corrected chi connectivity index (χ3v) is 5.44. The molecule has 0 saturated carbocycles. The maximum absolute atomic E-state index is 12.3. The zero-order valence-corrected chi connectivity index (χ0v) is 14.0. The Labute approximate surface area is 133 Å². The summed E-state index contributed by atoms with van der Waals surface area (Å²) in [6.45, 7) is 2.20. The van der Waals surface area contributed by atoms with E-state index in [1.54, 1.807) is 23.6 Å². The lowest BCUT2D eigenvalue weighted by Crippen LogP contribution is -2.26. The predicted octanol–water partition coefficient (Wildman–Crippen LogP) is 2.63. The first kappa shape index (κ1) is 16.2. The van der Waals surface area contributed by atoms with E-state index in [0.29, 0.717) is 18.0 Å². The molecule has 0 aliphatic carbocycles. The summed E-state index contributed by atoms with van der Waals surface area (Å²) < 4.78 is 32.2. The minimum Gasteiger partial charge on any atom is -0.495 e. The van der Waals surface area contributed by atoms with Gasteiger partial charge < -0.3 is 4.74 Å². The highest BCUT2D eigenvalue weighted by Crippen LogP contribution is 2.26. The second-order valence-corrected chi connectivity index (χ2v) is 7.78. The van der Waals surface area contributed by atoms with Gasteiger partial charge >= 0.3 is 0 Å². The summed E-state index contributed by atoms with van der Waals surface area (Å²) in [7, 11) is -2.25. The van der Waals surface area contributed by atoms with Crippen LogP contribution in [0.25, 0.3) is 0 Å². The average molecular weight is 347 g/mol. The van der Waals surface area contributed by atoms with Gasteiger partial charge in [0, 0.05) is 22.6 Å². The Morgan fingerprint density at radius 3 is 2.81 bits per heavy atom. The highest BCUT2D eigenvalue weighted by molar-refractivity contribution is 7.89. The normalized spacial score (nSPS) is 11.6. The topological polar surface area (TPSA) is 68.3 Å². The largest absolute Gasteiger partial charge is 0.495 e. The van der Waals surface area contributed by atoms with E-state index in [0.717, 1.165) is 9.88 Å². The van der Waals surface area contributed by atoms with Crippen molar-refractivity contribution >= 4 is 33.0 Å². The number of thiazole rings is 1. The van der Waals surface area contributed by atoms with E-state index in [1.165, 1.54) is 19.2 Å². The number of methoxy groups -OCH3 is 1.